The van der Waals surface area contributed by atoms with Crippen LogP contribution in [0.5, 0.6) is 0 Å². The van der Waals surface area contributed by atoms with Crippen LogP contribution < -0.4 is 11.5 Å². The standard InChI is InChI=1S/C8H9Cl3N2/c9-4-1-5(10)8(6(11)2-4)7(13)3-12/h1-2,7H,3,12-13H2/t7-/m0/s1. The first-order valence-corrected chi connectivity index (χ1v) is 4.79. The molecule has 0 aliphatic rings. The van der Waals surface area contributed by atoms with Crippen molar-refractivity contribution in [3.63, 3.8) is 0 Å². The second-order valence-electron chi connectivity index (χ2n) is 2.63. The van der Waals surface area contributed by atoms with E-state index in [2.05, 4.69) is 0 Å². The van der Waals surface area contributed by atoms with Crippen molar-refractivity contribution in [2.24, 2.45) is 11.5 Å². The maximum Gasteiger partial charge on any atom is 0.0483 e. The molecule has 2 nitrogen and oxygen atoms in total. The summed E-state index contributed by atoms with van der Waals surface area (Å²) in [4.78, 5) is 0. The highest BCUT2D eigenvalue weighted by Gasteiger charge is 2.13. The molecule has 1 atom stereocenters. The van der Waals surface area contributed by atoms with Crippen molar-refractivity contribution in [2.45, 2.75) is 6.04 Å². The van der Waals surface area contributed by atoms with Gasteiger partial charge in [0.25, 0.3) is 0 Å². The van der Waals surface area contributed by atoms with Crippen LogP contribution in [0.4, 0.5) is 0 Å². The molecular weight excluding hydrogens is 230 g/mol. The zero-order valence-corrected chi connectivity index (χ0v) is 9.00. The van der Waals surface area contributed by atoms with Crippen LogP contribution >= 0.6 is 34.8 Å². The summed E-state index contributed by atoms with van der Waals surface area (Å²) < 4.78 is 0. The number of rotatable bonds is 2. The highest BCUT2D eigenvalue weighted by atomic mass is 35.5. The van der Waals surface area contributed by atoms with Gasteiger partial charge in [0, 0.05) is 33.2 Å². The summed E-state index contributed by atoms with van der Waals surface area (Å²) in [5, 5.41) is 1.40. The van der Waals surface area contributed by atoms with Crippen molar-refractivity contribution in [3.05, 3.63) is 32.8 Å². The van der Waals surface area contributed by atoms with Crippen molar-refractivity contribution >= 4 is 34.8 Å². The molecule has 0 aliphatic carbocycles. The Hall–Kier alpha value is 0.01000. The molecule has 1 rings (SSSR count). The van der Waals surface area contributed by atoms with Gasteiger partial charge in [-0.2, -0.15) is 0 Å². The minimum Gasteiger partial charge on any atom is -0.329 e. The minimum atomic E-state index is -0.350. The minimum absolute atomic E-state index is 0.293. The molecule has 0 saturated carbocycles. The maximum absolute atomic E-state index is 5.90. The van der Waals surface area contributed by atoms with Gasteiger partial charge in [0.15, 0.2) is 0 Å². The van der Waals surface area contributed by atoms with Crippen LogP contribution in [0.2, 0.25) is 15.1 Å². The fraction of sp³-hybridized carbons (Fsp3) is 0.250. The third kappa shape index (κ3) is 2.48. The molecule has 1 aromatic rings. The van der Waals surface area contributed by atoms with Gasteiger partial charge in [-0.05, 0) is 12.1 Å². The lowest BCUT2D eigenvalue weighted by Gasteiger charge is -2.13. The van der Waals surface area contributed by atoms with Gasteiger partial charge in [-0.25, -0.2) is 0 Å². The number of benzene rings is 1. The van der Waals surface area contributed by atoms with Gasteiger partial charge in [0.2, 0.25) is 0 Å². The Bertz CT molecular complexity index is 291. The van der Waals surface area contributed by atoms with Crippen molar-refractivity contribution in [2.75, 3.05) is 6.54 Å². The second kappa shape index (κ2) is 4.49. The molecular formula is C8H9Cl3N2. The highest BCUT2D eigenvalue weighted by molar-refractivity contribution is 6.39. The zero-order chi connectivity index (χ0) is 10.0. The monoisotopic (exact) mass is 238 g/mol. The first kappa shape index (κ1) is 11.1. The van der Waals surface area contributed by atoms with Crippen LogP contribution in [0.25, 0.3) is 0 Å². The van der Waals surface area contributed by atoms with Crippen LogP contribution in [-0.4, -0.2) is 6.54 Å². The first-order valence-electron chi connectivity index (χ1n) is 3.66. The molecule has 0 unspecified atom stereocenters. The Balaban J connectivity index is 3.20. The molecule has 72 valence electrons. The molecule has 0 spiro atoms. The van der Waals surface area contributed by atoms with Crippen molar-refractivity contribution in [1.29, 1.82) is 0 Å². The normalized spacial score (nSPS) is 13.0. The van der Waals surface area contributed by atoms with Crippen LogP contribution in [0.1, 0.15) is 11.6 Å². The van der Waals surface area contributed by atoms with E-state index in [9.17, 15) is 0 Å². The van der Waals surface area contributed by atoms with E-state index in [1.807, 2.05) is 0 Å². The number of hydrogen-bond donors (Lipinski definition) is 2. The molecule has 0 amide bonds. The molecule has 0 fully saturated rings. The lowest BCUT2D eigenvalue weighted by Crippen LogP contribution is -2.21. The van der Waals surface area contributed by atoms with Crippen molar-refractivity contribution in [1.82, 2.24) is 0 Å². The Morgan fingerprint density at radius 2 is 1.62 bits per heavy atom. The summed E-state index contributed by atoms with van der Waals surface area (Å²) in [7, 11) is 0. The molecule has 0 heterocycles. The topological polar surface area (TPSA) is 52.0 Å². The predicted molar refractivity (Wildman–Crippen MR) is 57.5 cm³/mol. The first-order chi connectivity index (χ1) is 6.06. The predicted octanol–water partition coefficient (Wildman–Crippen LogP) is 2.61. The largest absolute Gasteiger partial charge is 0.329 e. The number of halogens is 3. The summed E-state index contributed by atoms with van der Waals surface area (Å²) in [6, 6.07) is 2.84. The van der Waals surface area contributed by atoms with E-state index in [1.54, 1.807) is 12.1 Å². The molecule has 0 aliphatic heterocycles. The zero-order valence-electron chi connectivity index (χ0n) is 6.73. The van der Waals surface area contributed by atoms with Gasteiger partial charge in [-0.1, -0.05) is 34.8 Å². The SMILES string of the molecule is NC[C@H](N)c1c(Cl)cc(Cl)cc1Cl. The smallest absolute Gasteiger partial charge is 0.0483 e. The molecule has 0 aromatic heterocycles. The molecule has 1 aromatic carbocycles. The van der Waals surface area contributed by atoms with Crippen LogP contribution in [0.3, 0.4) is 0 Å². The van der Waals surface area contributed by atoms with E-state index in [4.69, 9.17) is 46.3 Å². The average Bonchev–Trinajstić information content (AvgIpc) is 2.02. The van der Waals surface area contributed by atoms with Crippen LogP contribution in [-0.2, 0) is 0 Å². The van der Waals surface area contributed by atoms with Gasteiger partial charge in [-0.3, -0.25) is 0 Å². The van der Waals surface area contributed by atoms with E-state index in [0.717, 1.165) is 0 Å². The van der Waals surface area contributed by atoms with Crippen molar-refractivity contribution < 1.29 is 0 Å². The van der Waals surface area contributed by atoms with Crippen LogP contribution in [0, 0.1) is 0 Å². The van der Waals surface area contributed by atoms with Gasteiger partial charge >= 0.3 is 0 Å². The molecule has 5 heteroatoms. The molecule has 13 heavy (non-hydrogen) atoms. The average molecular weight is 240 g/mol. The summed E-state index contributed by atoms with van der Waals surface area (Å²) in [5.41, 5.74) is 11.8. The quantitative estimate of drug-likeness (QED) is 0.833. The molecule has 0 radical (unpaired) electrons. The van der Waals surface area contributed by atoms with E-state index in [0.29, 0.717) is 27.2 Å². The van der Waals surface area contributed by atoms with Crippen molar-refractivity contribution in [3.8, 4) is 0 Å². The molecule has 0 bridgehead atoms. The Kier molecular flexibility index (Phi) is 3.83. The Morgan fingerprint density at radius 1 is 1.15 bits per heavy atom. The molecule has 4 N–H and O–H groups in total. The van der Waals surface area contributed by atoms with E-state index in [-0.39, 0.29) is 6.04 Å². The Morgan fingerprint density at radius 3 is 2.00 bits per heavy atom. The molecule has 0 saturated heterocycles. The van der Waals surface area contributed by atoms with E-state index in [1.165, 1.54) is 0 Å². The van der Waals surface area contributed by atoms with Gasteiger partial charge in [0.1, 0.15) is 0 Å². The second-order valence-corrected chi connectivity index (χ2v) is 3.88. The number of hydrogen-bond acceptors (Lipinski definition) is 2. The summed E-state index contributed by atoms with van der Waals surface area (Å²) in [6.07, 6.45) is 0. The fourth-order valence-electron chi connectivity index (χ4n) is 1.03. The third-order valence-electron chi connectivity index (χ3n) is 1.67. The summed E-state index contributed by atoms with van der Waals surface area (Å²) in [5.74, 6) is 0. The number of nitrogens with two attached hydrogens (primary N) is 2. The van der Waals surface area contributed by atoms with E-state index >= 15 is 0 Å². The van der Waals surface area contributed by atoms with Gasteiger partial charge < -0.3 is 11.5 Å². The van der Waals surface area contributed by atoms with E-state index < -0.39 is 0 Å². The van der Waals surface area contributed by atoms with Crippen LogP contribution in [0.15, 0.2) is 12.1 Å². The fourth-order valence-corrected chi connectivity index (χ4v) is 2.12. The Labute approximate surface area is 91.8 Å². The lowest BCUT2D eigenvalue weighted by atomic mass is 10.1. The third-order valence-corrected chi connectivity index (χ3v) is 2.51. The maximum atomic E-state index is 5.90. The van der Waals surface area contributed by atoms with Gasteiger partial charge in [-0.15, -0.1) is 0 Å². The van der Waals surface area contributed by atoms with Gasteiger partial charge in [0.05, 0.1) is 0 Å². The lowest BCUT2D eigenvalue weighted by molar-refractivity contribution is 0.737. The summed E-state index contributed by atoms with van der Waals surface area (Å²) in [6.45, 7) is 0.293. The highest BCUT2D eigenvalue weighted by Crippen LogP contribution is 2.32. The summed E-state index contributed by atoms with van der Waals surface area (Å²) >= 11 is 17.5.